The molecule has 0 aliphatic rings. The molecule has 0 amide bonds. The maximum absolute atomic E-state index is 5.86. The first-order valence-electron chi connectivity index (χ1n) is 5.66. The second-order valence-electron chi connectivity index (χ2n) is 3.87. The first kappa shape index (κ1) is 12.3. The van der Waals surface area contributed by atoms with Crippen molar-refractivity contribution in [3.05, 3.63) is 24.2 Å². The molecule has 2 unspecified atom stereocenters. The summed E-state index contributed by atoms with van der Waals surface area (Å²) in [5.74, 6) is 0.821. The number of rotatable bonds is 7. The molecule has 0 saturated carbocycles. The molecule has 1 rings (SSSR count). The second kappa shape index (κ2) is 6.64. The fourth-order valence-corrected chi connectivity index (χ4v) is 1.51. The van der Waals surface area contributed by atoms with Crippen LogP contribution in [0.1, 0.15) is 45.0 Å². The Bertz CT molecular complexity index is 244. The average molecular weight is 211 g/mol. The molecule has 0 aliphatic carbocycles. The third-order valence-electron chi connectivity index (χ3n) is 2.35. The lowest BCUT2D eigenvalue weighted by Gasteiger charge is -2.19. The quantitative estimate of drug-likeness (QED) is 0.705. The van der Waals surface area contributed by atoms with E-state index < -0.39 is 0 Å². The summed E-state index contributed by atoms with van der Waals surface area (Å²) in [4.78, 5) is 0. The summed E-state index contributed by atoms with van der Waals surface area (Å²) in [5.41, 5.74) is 5.86. The van der Waals surface area contributed by atoms with E-state index in [-0.39, 0.29) is 12.1 Å². The van der Waals surface area contributed by atoms with Crippen LogP contribution < -0.4 is 5.73 Å². The molecule has 0 radical (unpaired) electrons. The van der Waals surface area contributed by atoms with E-state index in [1.54, 1.807) is 6.26 Å². The van der Waals surface area contributed by atoms with E-state index in [0.717, 1.165) is 18.8 Å². The van der Waals surface area contributed by atoms with Crippen molar-refractivity contribution in [2.24, 2.45) is 5.73 Å². The number of hydrogen-bond acceptors (Lipinski definition) is 3. The van der Waals surface area contributed by atoms with Crippen molar-refractivity contribution in [3.8, 4) is 0 Å². The van der Waals surface area contributed by atoms with E-state index in [9.17, 15) is 0 Å². The molecule has 3 heteroatoms. The topological polar surface area (TPSA) is 48.4 Å². The van der Waals surface area contributed by atoms with Crippen LogP contribution >= 0.6 is 0 Å². The molecule has 2 N–H and O–H groups in total. The van der Waals surface area contributed by atoms with Crippen molar-refractivity contribution < 1.29 is 9.15 Å². The van der Waals surface area contributed by atoms with Gasteiger partial charge in [-0.15, -0.1) is 0 Å². The Morgan fingerprint density at radius 2 is 2.27 bits per heavy atom. The van der Waals surface area contributed by atoms with Gasteiger partial charge in [0.15, 0.2) is 0 Å². The minimum atomic E-state index is -0.114. The molecule has 1 aromatic heterocycles. The van der Waals surface area contributed by atoms with Crippen molar-refractivity contribution in [2.75, 3.05) is 6.61 Å². The lowest BCUT2D eigenvalue weighted by atomic mass is 10.1. The van der Waals surface area contributed by atoms with Gasteiger partial charge in [0, 0.05) is 12.6 Å². The Balaban J connectivity index is 2.39. The van der Waals surface area contributed by atoms with E-state index >= 15 is 0 Å². The number of nitrogens with two attached hydrogens (primary N) is 1. The third kappa shape index (κ3) is 4.06. The fourth-order valence-electron chi connectivity index (χ4n) is 1.51. The zero-order chi connectivity index (χ0) is 11.1. The molecule has 0 bridgehead atoms. The van der Waals surface area contributed by atoms with Crippen LogP contribution in [0.2, 0.25) is 0 Å². The Kier molecular flexibility index (Phi) is 5.43. The number of furan rings is 1. The maximum atomic E-state index is 5.86. The lowest BCUT2D eigenvalue weighted by molar-refractivity contribution is 0.0217. The van der Waals surface area contributed by atoms with Crippen molar-refractivity contribution in [1.29, 1.82) is 0 Å². The molecule has 1 heterocycles. The lowest BCUT2D eigenvalue weighted by Crippen LogP contribution is -2.27. The molecule has 0 aliphatic heterocycles. The van der Waals surface area contributed by atoms with Gasteiger partial charge in [-0.05, 0) is 25.5 Å². The predicted octanol–water partition coefficient (Wildman–Crippen LogP) is 2.87. The van der Waals surface area contributed by atoms with Crippen molar-refractivity contribution >= 4 is 0 Å². The van der Waals surface area contributed by atoms with Crippen LogP contribution in [0.3, 0.4) is 0 Å². The first-order chi connectivity index (χ1) is 7.25. The molecular weight excluding hydrogens is 190 g/mol. The van der Waals surface area contributed by atoms with Gasteiger partial charge < -0.3 is 14.9 Å². The van der Waals surface area contributed by atoms with Gasteiger partial charge in [-0.1, -0.05) is 19.8 Å². The normalized spacial score (nSPS) is 15.1. The van der Waals surface area contributed by atoms with Crippen LogP contribution in [0.5, 0.6) is 0 Å². The number of ether oxygens (including phenoxy) is 1. The van der Waals surface area contributed by atoms with Gasteiger partial charge in [0.1, 0.15) is 11.9 Å². The SMILES string of the molecule is CCCCCOC(c1ccco1)C(C)N. The average Bonchev–Trinajstić information content (AvgIpc) is 2.70. The molecule has 0 spiro atoms. The minimum Gasteiger partial charge on any atom is -0.467 e. The first-order valence-corrected chi connectivity index (χ1v) is 5.66. The van der Waals surface area contributed by atoms with E-state index in [4.69, 9.17) is 14.9 Å². The third-order valence-corrected chi connectivity index (χ3v) is 2.35. The van der Waals surface area contributed by atoms with Crippen LogP contribution in [0.15, 0.2) is 22.8 Å². The summed E-state index contributed by atoms with van der Waals surface area (Å²) >= 11 is 0. The van der Waals surface area contributed by atoms with Crippen LogP contribution in [0.4, 0.5) is 0 Å². The Morgan fingerprint density at radius 3 is 2.80 bits per heavy atom. The molecule has 1 aromatic rings. The number of hydrogen-bond donors (Lipinski definition) is 1. The van der Waals surface area contributed by atoms with Crippen LogP contribution in [-0.4, -0.2) is 12.6 Å². The van der Waals surface area contributed by atoms with Gasteiger partial charge in [0.05, 0.1) is 6.26 Å². The van der Waals surface area contributed by atoms with Crippen LogP contribution in [-0.2, 0) is 4.74 Å². The summed E-state index contributed by atoms with van der Waals surface area (Å²) in [7, 11) is 0. The summed E-state index contributed by atoms with van der Waals surface area (Å²) in [6, 6.07) is 3.73. The Hall–Kier alpha value is -0.800. The highest BCUT2D eigenvalue weighted by Gasteiger charge is 2.18. The summed E-state index contributed by atoms with van der Waals surface area (Å²) in [6.45, 7) is 4.86. The van der Waals surface area contributed by atoms with Gasteiger partial charge >= 0.3 is 0 Å². The minimum absolute atomic E-state index is 0.0437. The smallest absolute Gasteiger partial charge is 0.134 e. The molecule has 0 saturated heterocycles. The van der Waals surface area contributed by atoms with E-state index in [2.05, 4.69) is 6.92 Å². The van der Waals surface area contributed by atoms with Crippen molar-refractivity contribution in [2.45, 2.75) is 45.3 Å². The molecule has 0 fully saturated rings. The molecular formula is C12H21NO2. The largest absolute Gasteiger partial charge is 0.467 e. The molecule has 2 atom stereocenters. The molecule has 0 aromatic carbocycles. The standard InChI is InChI=1S/C12H21NO2/c1-3-4-5-8-15-12(10(2)13)11-7-6-9-14-11/h6-7,9-10,12H,3-5,8,13H2,1-2H3. The highest BCUT2D eigenvalue weighted by molar-refractivity contribution is 5.04. The van der Waals surface area contributed by atoms with E-state index in [1.165, 1.54) is 12.8 Å². The summed E-state index contributed by atoms with van der Waals surface area (Å²) < 4.78 is 11.0. The zero-order valence-electron chi connectivity index (χ0n) is 9.61. The highest BCUT2D eigenvalue weighted by Crippen LogP contribution is 2.21. The van der Waals surface area contributed by atoms with Gasteiger partial charge in [-0.3, -0.25) is 0 Å². The maximum Gasteiger partial charge on any atom is 0.134 e. The van der Waals surface area contributed by atoms with Gasteiger partial charge in [-0.25, -0.2) is 0 Å². The van der Waals surface area contributed by atoms with Gasteiger partial charge in [0.25, 0.3) is 0 Å². The van der Waals surface area contributed by atoms with Crippen LogP contribution in [0, 0.1) is 0 Å². The van der Waals surface area contributed by atoms with Crippen molar-refractivity contribution in [1.82, 2.24) is 0 Å². The van der Waals surface area contributed by atoms with Crippen LogP contribution in [0.25, 0.3) is 0 Å². The molecule has 86 valence electrons. The molecule has 15 heavy (non-hydrogen) atoms. The van der Waals surface area contributed by atoms with E-state index in [0.29, 0.717) is 0 Å². The Morgan fingerprint density at radius 1 is 1.47 bits per heavy atom. The van der Waals surface area contributed by atoms with Crippen molar-refractivity contribution in [3.63, 3.8) is 0 Å². The monoisotopic (exact) mass is 211 g/mol. The Labute approximate surface area is 91.6 Å². The van der Waals surface area contributed by atoms with Gasteiger partial charge in [0.2, 0.25) is 0 Å². The highest BCUT2D eigenvalue weighted by atomic mass is 16.5. The summed E-state index contributed by atoms with van der Waals surface area (Å²) in [6.07, 6.45) is 5.02. The van der Waals surface area contributed by atoms with E-state index in [1.807, 2.05) is 19.1 Å². The zero-order valence-corrected chi connectivity index (χ0v) is 9.61. The van der Waals surface area contributed by atoms with Gasteiger partial charge in [-0.2, -0.15) is 0 Å². The second-order valence-corrected chi connectivity index (χ2v) is 3.87. The molecule has 3 nitrogen and oxygen atoms in total. The summed E-state index contributed by atoms with van der Waals surface area (Å²) in [5, 5.41) is 0. The number of unbranched alkanes of at least 4 members (excludes halogenated alkanes) is 2. The fraction of sp³-hybridized carbons (Fsp3) is 0.667. The predicted molar refractivity (Wildman–Crippen MR) is 60.6 cm³/mol.